The molecule has 1 rings (SSSR count). The van der Waals surface area contributed by atoms with Crippen LogP contribution in [-0.2, 0) is 0 Å². The average Bonchev–Trinajstić information content (AvgIpc) is 2.34. The van der Waals surface area contributed by atoms with Crippen LogP contribution in [0.15, 0.2) is 12.4 Å². The Morgan fingerprint density at radius 3 is 2.63 bits per heavy atom. The maximum Gasteiger partial charge on any atom is 0.132 e. The molecule has 0 atom stereocenters. The molecular weight excluding hydrogens is 240 g/mol. The number of nitriles is 1. The van der Waals surface area contributed by atoms with E-state index >= 15 is 0 Å². The zero-order valence-electron chi connectivity index (χ0n) is 12.1. The molecule has 6 nitrogen and oxygen atoms in total. The highest BCUT2D eigenvalue weighted by molar-refractivity contribution is 5.48. The molecule has 0 bridgehead atoms. The van der Waals surface area contributed by atoms with Crippen molar-refractivity contribution in [2.75, 3.05) is 37.8 Å². The second-order valence-corrected chi connectivity index (χ2v) is 5.23. The fourth-order valence-electron chi connectivity index (χ4n) is 1.48. The molecule has 0 aliphatic heterocycles. The predicted octanol–water partition coefficient (Wildman–Crippen LogP) is 1.55. The number of hydrogen-bond acceptors (Lipinski definition) is 6. The minimum Gasteiger partial charge on any atom is -0.370 e. The fourth-order valence-corrected chi connectivity index (χ4v) is 1.48. The molecule has 2 N–H and O–H groups in total. The molecule has 1 aromatic rings. The van der Waals surface area contributed by atoms with Crippen LogP contribution in [0.1, 0.15) is 20.3 Å². The zero-order valence-corrected chi connectivity index (χ0v) is 12.1. The molecule has 0 aliphatic rings. The summed E-state index contributed by atoms with van der Waals surface area (Å²) in [5.74, 6) is 1.42. The summed E-state index contributed by atoms with van der Waals surface area (Å²) in [6, 6.07) is 3.99. The third kappa shape index (κ3) is 6.02. The summed E-state index contributed by atoms with van der Waals surface area (Å²) < 4.78 is 0. The Hall–Kier alpha value is -1.87. The average molecular weight is 262 g/mol. The molecule has 1 aromatic heterocycles. The molecule has 0 saturated carbocycles. The summed E-state index contributed by atoms with van der Waals surface area (Å²) >= 11 is 0. The zero-order chi connectivity index (χ0) is 14.3. The Balaban J connectivity index is 2.51. The van der Waals surface area contributed by atoms with Gasteiger partial charge in [-0.15, -0.1) is 0 Å². The number of rotatable bonds is 7. The highest BCUT2D eigenvalue weighted by atomic mass is 15.1. The molecule has 6 heteroatoms. The van der Waals surface area contributed by atoms with Crippen LogP contribution in [0, 0.1) is 11.3 Å². The molecule has 0 amide bonds. The van der Waals surface area contributed by atoms with Gasteiger partial charge in [0.2, 0.25) is 0 Å². The second kappa shape index (κ2) is 6.90. The second-order valence-electron chi connectivity index (χ2n) is 5.23. The summed E-state index contributed by atoms with van der Waals surface area (Å²) in [5, 5.41) is 15.3. The molecule has 0 spiro atoms. The van der Waals surface area contributed by atoms with Gasteiger partial charge in [0.05, 0.1) is 6.07 Å². The lowest BCUT2D eigenvalue weighted by Gasteiger charge is -2.18. The lowest BCUT2D eigenvalue weighted by Crippen LogP contribution is -2.29. The van der Waals surface area contributed by atoms with Crippen molar-refractivity contribution in [3.05, 3.63) is 12.4 Å². The topological polar surface area (TPSA) is 76.9 Å². The number of aromatic nitrogens is 2. The molecular formula is C13H22N6. The van der Waals surface area contributed by atoms with Crippen LogP contribution in [0.3, 0.4) is 0 Å². The molecule has 0 fully saturated rings. The minimum atomic E-state index is -0.642. The first-order valence-electron chi connectivity index (χ1n) is 6.33. The SMILES string of the molecule is CN(C)CCCNc1cc(NC(C)(C)C#N)ncn1. The first kappa shape index (κ1) is 15.2. The van der Waals surface area contributed by atoms with Gasteiger partial charge in [-0.2, -0.15) is 5.26 Å². The fraction of sp³-hybridized carbons (Fsp3) is 0.615. The van der Waals surface area contributed by atoms with Crippen LogP contribution in [-0.4, -0.2) is 47.6 Å². The molecule has 0 unspecified atom stereocenters. The number of nitrogens with zero attached hydrogens (tertiary/aromatic N) is 4. The van der Waals surface area contributed by atoms with Crippen LogP contribution in [0.4, 0.5) is 11.6 Å². The van der Waals surface area contributed by atoms with Crippen molar-refractivity contribution in [1.82, 2.24) is 14.9 Å². The van der Waals surface area contributed by atoms with Crippen molar-refractivity contribution >= 4 is 11.6 Å². The van der Waals surface area contributed by atoms with Crippen molar-refractivity contribution in [3.8, 4) is 6.07 Å². The van der Waals surface area contributed by atoms with Gasteiger partial charge in [-0.1, -0.05) is 0 Å². The van der Waals surface area contributed by atoms with Crippen LogP contribution in [0.5, 0.6) is 0 Å². The van der Waals surface area contributed by atoms with Crippen molar-refractivity contribution in [2.24, 2.45) is 0 Å². The highest BCUT2D eigenvalue weighted by Gasteiger charge is 2.16. The predicted molar refractivity (Wildman–Crippen MR) is 77.0 cm³/mol. The van der Waals surface area contributed by atoms with Gasteiger partial charge in [0.1, 0.15) is 23.5 Å². The van der Waals surface area contributed by atoms with Crippen molar-refractivity contribution in [2.45, 2.75) is 25.8 Å². The van der Waals surface area contributed by atoms with E-state index in [0.717, 1.165) is 25.3 Å². The number of nitrogens with one attached hydrogen (secondary N) is 2. The van der Waals surface area contributed by atoms with Gasteiger partial charge >= 0.3 is 0 Å². The standard InChI is InChI=1S/C13H22N6/c1-13(2,9-14)18-12-8-11(16-10-17-12)15-6-5-7-19(3)4/h8,10H,5-7H2,1-4H3,(H2,15,16,17,18). The van der Waals surface area contributed by atoms with E-state index in [1.165, 1.54) is 6.33 Å². The lowest BCUT2D eigenvalue weighted by atomic mass is 10.1. The normalized spacial score (nSPS) is 11.2. The highest BCUT2D eigenvalue weighted by Crippen LogP contribution is 2.14. The Morgan fingerprint density at radius 1 is 1.32 bits per heavy atom. The number of hydrogen-bond donors (Lipinski definition) is 2. The Kier molecular flexibility index (Phi) is 5.52. The smallest absolute Gasteiger partial charge is 0.132 e. The van der Waals surface area contributed by atoms with E-state index in [4.69, 9.17) is 5.26 Å². The van der Waals surface area contributed by atoms with E-state index in [1.54, 1.807) is 13.8 Å². The van der Waals surface area contributed by atoms with Crippen LogP contribution < -0.4 is 10.6 Å². The first-order chi connectivity index (χ1) is 8.93. The summed E-state index contributed by atoms with van der Waals surface area (Å²) in [6.07, 6.45) is 2.54. The van der Waals surface area contributed by atoms with E-state index < -0.39 is 5.54 Å². The van der Waals surface area contributed by atoms with Gasteiger partial charge in [-0.3, -0.25) is 0 Å². The van der Waals surface area contributed by atoms with Crippen molar-refractivity contribution < 1.29 is 0 Å². The van der Waals surface area contributed by atoms with E-state index in [1.807, 2.05) is 6.07 Å². The largest absolute Gasteiger partial charge is 0.370 e. The Bertz CT molecular complexity index is 435. The summed E-state index contributed by atoms with van der Waals surface area (Å²) in [4.78, 5) is 10.4. The van der Waals surface area contributed by atoms with Crippen molar-refractivity contribution in [1.29, 1.82) is 5.26 Å². The quantitative estimate of drug-likeness (QED) is 0.726. The van der Waals surface area contributed by atoms with Crippen molar-refractivity contribution in [3.63, 3.8) is 0 Å². The molecule has 0 aliphatic carbocycles. The number of anilines is 2. The Morgan fingerprint density at radius 2 is 2.00 bits per heavy atom. The van der Waals surface area contributed by atoms with Gasteiger partial charge in [-0.25, -0.2) is 9.97 Å². The third-order valence-electron chi connectivity index (χ3n) is 2.48. The van der Waals surface area contributed by atoms with Gasteiger partial charge in [0, 0.05) is 12.6 Å². The van der Waals surface area contributed by atoms with Gasteiger partial charge in [-0.05, 0) is 40.9 Å². The summed E-state index contributed by atoms with van der Waals surface area (Å²) in [6.45, 7) is 5.50. The summed E-state index contributed by atoms with van der Waals surface area (Å²) in [5.41, 5.74) is -0.642. The van der Waals surface area contributed by atoms with Crippen LogP contribution >= 0.6 is 0 Å². The van der Waals surface area contributed by atoms with E-state index in [9.17, 15) is 0 Å². The third-order valence-corrected chi connectivity index (χ3v) is 2.48. The van der Waals surface area contributed by atoms with Gasteiger partial charge < -0.3 is 15.5 Å². The lowest BCUT2D eigenvalue weighted by molar-refractivity contribution is 0.405. The molecule has 1 heterocycles. The molecule has 104 valence electrons. The minimum absolute atomic E-state index is 0.642. The molecule has 0 radical (unpaired) electrons. The molecule has 19 heavy (non-hydrogen) atoms. The van der Waals surface area contributed by atoms with Gasteiger partial charge in [0.15, 0.2) is 0 Å². The first-order valence-corrected chi connectivity index (χ1v) is 6.33. The Labute approximate surface area is 114 Å². The van der Waals surface area contributed by atoms with E-state index in [2.05, 4.69) is 45.7 Å². The molecule has 0 aromatic carbocycles. The van der Waals surface area contributed by atoms with Crippen LogP contribution in [0.25, 0.3) is 0 Å². The maximum absolute atomic E-state index is 8.97. The van der Waals surface area contributed by atoms with E-state index in [-0.39, 0.29) is 0 Å². The van der Waals surface area contributed by atoms with Gasteiger partial charge in [0.25, 0.3) is 0 Å². The molecule has 0 saturated heterocycles. The maximum atomic E-state index is 8.97. The monoisotopic (exact) mass is 262 g/mol. The van der Waals surface area contributed by atoms with E-state index in [0.29, 0.717) is 5.82 Å². The van der Waals surface area contributed by atoms with Crippen LogP contribution in [0.2, 0.25) is 0 Å². The summed E-state index contributed by atoms with van der Waals surface area (Å²) in [7, 11) is 4.10.